The maximum absolute atomic E-state index is 12.4. The fourth-order valence-electron chi connectivity index (χ4n) is 2.36. The molecular weight excluding hydrogens is 428 g/mol. The Morgan fingerprint density at radius 1 is 1.19 bits per heavy atom. The zero-order valence-electron chi connectivity index (χ0n) is 15.3. The molecule has 0 saturated heterocycles. The summed E-state index contributed by atoms with van der Waals surface area (Å²) in [6.45, 7) is 3.92. The zero-order chi connectivity index (χ0) is 19.6. The Balaban J connectivity index is 1.94. The van der Waals surface area contributed by atoms with Crippen LogP contribution < -0.4 is 10.6 Å². The molecule has 7 heteroatoms. The molecule has 0 spiro atoms. The molecule has 0 aliphatic heterocycles. The lowest BCUT2D eigenvalue weighted by Crippen LogP contribution is -2.45. The third-order valence-corrected chi connectivity index (χ3v) is 5.31. The van der Waals surface area contributed by atoms with Crippen molar-refractivity contribution in [2.75, 3.05) is 17.7 Å². The zero-order valence-corrected chi connectivity index (χ0v) is 17.7. The molecule has 2 aromatic carbocycles. The Morgan fingerprint density at radius 2 is 1.93 bits per heavy atom. The van der Waals surface area contributed by atoms with Crippen molar-refractivity contribution in [3.63, 3.8) is 0 Å². The summed E-state index contributed by atoms with van der Waals surface area (Å²) in [7, 11) is 0. The van der Waals surface area contributed by atoms with Gasteiger partial charge < -0.3 is 15.4 Å². The van der Waals surface area contributed by atoms with Crippen LogP contribution in [0.15, 0.2) is 53.0 Å². The van der Waals surface area contributed by atoms with Crippen molar-refractivity contribution in [2.45, 2.75) is 25.6 Å². The summed E-state index contributed by atoms with van der Waals surface area (Å²) in [6, 6.07) is 14.4. The van der Waals surface area contributed by atoms with Gasteiger partial charge >= 0.3 is 12.0 Å². The fourth-order valence-corrected chi connectivity index (χ4v) is 3.84. The average Bonchev–Trinajstić information content (AvgIpc) is 2.64. The number of hydrogen-bond acceptors (Lipinski definition) is 4. The quantitative estimate of drug-likeness (QED) is 0.569. The van der Waals surface area contributed by atoms with Crippen LogP contribution in [-0.4, -0.2) is 30.4 Å². The predicted octanol–water partition coefficient (Wildman–Crippen LogP) is 4.74. The molecular formula is C20H23BrN2O3S. The molecule has 2 N–H and O–H groups in total. The first-order chi connectivity index (χ1) is 13.0. The van der Waals surface area contributed by atoms with Gasteiger partial charge in [-0.15, -0.1) is 0 Å². The summed E-state index contributed by atoms with van der Waals surface area (Å²) in [5.74, 6) is 0.757. The van der Waals surface area contributed by atoms with E-state index in [0.717, 1.165) is 15.8 Å². The number of esters is 1. The minimum atomic E-state index is -0.714. The second-order valence-electron chi connectivity index (χ2n) is 5.86. The number of rotatable bonds is 8. The van der Waals surface area contributed by atoms with Crippen molar-refractivity contribution >= 4 is 45.4 Å². The van der Waals surface area contributed by atoms with Crippen molar-refractivity contribution in [3.05, 3.63) is 64.1 Å². The normalized spacial score (nSPS) is 11.5. The highest BCUT2D eigenvalue weighted by Gasteiger charge is 2.22. The third kappa shape index (κ3) is 7.27. The van der Waals surface area contributed by atoms with Crippen molar-refractivity contribution in [2.24, 2.45) is 0 Å². The van der Waals surface area contributed by atoms with E-state index in [-0.39, 0.29) is 6.61 Å². The Hall–Kier alpha value is -1.99. The highest BCUT2D eigenvalue weighted by Crippen LogP contribution is 2.20. The molecule has 2 aromatic rings. The molecule has 0 radical (unpaired) electrons. The average molecular weight is 451 g/mol. The summed E-state index contributed by atoms with van der Waals surface area (Å²) < 4.78 is 6.03. The number of nitrogens with one attached hydrogen (secondary N) is 2. The second-order valence-corrected chi connectivity index (χ2v) is 7.81. The topological polar surface area (TPSA) is 67.4 Å². The van der Waals surface area contributed by atoms with E-state index >= 15 is 0 Å². The van der Waals surface area contributed by atoms with Crippen molar-refractivity contribution < 1.29 is 14.3 Å². The molecule has 0 aromatic heterocycles. The van der Waals surface area contributed by atoms with Crippen LogP contribution in [0.3, 0.4) is 0 Å². The predicted molar refractivity (Wildman–Crippen MR) is 114 cm³/mol. The van der Waals surface area contributed by atoms with Gasteiger partial charge in [-0.1, -0.05) is 46.3 Å². The number of thioether (sulfide) groups is 1. The van der Waals surface area contributed by atoms with E-state index in [1.54, 1.807) is 18.7 Å². The number of anilines is 1. The molecule has 5 nitrogen and oxygen atoms in total. The van der Waals surface area contributed by atoms with E-state index in [0.29, 0.717) is 11.4 Å². The minimum absolute atomic E-state index is 0.272. The highest BCUT2D eigenvalue weighted by atomic mass is 79.9. The molecule has 0 bridgehead atoms. The number of hydrogen-bond donors (Lipinski definition) is 2. The fraction of sp³-hybridized carbons (Fsp3) is 0.300. The molecule has 27 heavy (non-hydrogen) atoms. The van der Waals surface area contributed by atoms with E-state index in [9.17, 15) is 9.59 Å². The van der Waals surface area contributed by atoms with E-state index in [2.05, 4.69) is 26.6 Å². The Kier molecular flexibility index (Phi) is 8.67. The van der Waals surface area contributed by atoms with Crippen LogP contribution in [0.4, 0.5) is 10.5 Å². The first kappa shape index (κ1) is 21.3. The number of carbonyl (C=O) groups excluding carboxylic acids is 2. The molecule has 1 unspecified atom stereocenters. The molecule has 0 saturated carbocycles. The summed E-state index contributed by atoms with van der Waals surface area (Å²) in [5, 5.41) is 5.51. The maximum atomic E-state index is 12.4. The number of aryl methyl sites for hydroxylation is 1. The molecule has 0 heterocycles. The number of benzene rings is 2. The van der Waals surface area contributed by atoms with Crippen LogP contribution in [-0.2, 0) is 15.3 Å². The van der Waals surface area contributed by atoms with E-state index in [1.807, 2.05) is 55.5 Å². The molecule has 0 aliphatic carbocycles. The number of ether oxygens (including phenoxy) is 1. The summed E-state index contributed by atoms with van der Waals surface area (Å²) in [6.07, 6.45) is 0. The maximum Gasteiger partial charge on any atom is 0.329 e. The van der Waals surface area contributed by atoms with Gasteiger partial charge in [0.2, 0.25) is 0 Å². The number of urea groups is 1. The molecule has 144 valence electrons. The van der Waals surface area contributed by atoms with Crippen LogP contribution in [0.25, 0.3) is 0 Å². The van der Waals surface area contributed by atoms with Gasteiger partial charge in [0, 0.05) is 21.7 Å². The monoisotopic (exact) mass is 450 g/mol. The number of halogens is 1. The van der Waals surface area contributed by atoms with Crippen LogP contribution in [0.2, 0.25) is 0 Å². The summed E-state index contributed by atoms with van der Waals surface area (Å²) in [5.41, 5.74) is 2.78. The van der Waals surface area contributed by atoms with Gasteiger partial charge in [-0.25, -0.2) is 9.59 Å². The van der Waals surface area contributed by atoms with Crippen molar-refractivity contribution in [1.29, 1.82) is 0 Å². The number of carbonyl (C=O) groups is 2. The largest absolute Gasteiger partial charge is 0.464 e. The van der Waals surface area contributed by atoms with E-state index in [4.69, 9.17) is 4.74 Å². The third-order valence-electron chi connectivity index (χ3n) is 3.71. The van der Waals surface area contributed by atoms with Gasteiger partial charge in [-0.3, -0.25) is 0 Å². The molecule has 1 atom stereocenters. The van der Waals surface area contributed by atoms with E-state index in [1.165, 1.54) is 5.56 Å². The highest BCUT2D eigenvalue weighted by molar-refractivity contribution is 9.10. The van der Waals surface area contributed by atoms with Crippen molar-refractivity contribution in [3.8, 4) is 0 Å². The Bertz CT molecular complexity index is 771. The molecule has 0 fully saturated rings. The standard InChI is InChI=1S/C20H23BrN2O3S/c1-3-26-19(24)18(13-27-12-15-7-5-4-6-8-15)23-20(25)22-17-10-9-16(21)11-14(17)2/h4-11,18H,3,12-13H2,1-2H3,(H2,22,23,25). The molecule has 2 rings (SSSR count). The van der Waals surface area contributed by atoms with Crippen LogP contribution in [0.5, 0.6) is 0 Å². The Labute approximate surface area is 172 Å². The first-order valence-corrected chi connectivity index (χ1v) is 10.6. The van der Waals surface area contributed by atoms with Gasteiger partial charge in [0.25, 0.3) is 0 Å². The van der Waals surface area contributed by atoms with Gasteiger partial charge in [0.15, 0.2) is 0 Å². The Morgan fingerprint density at radius 3 is 2.59 bits per heavy atom. The summed E-state index contributed by atoms with van der Waals surface area (Å²) in [4.78, 5) is 24.6. The van der Waals surface area contributed by atoms with Crippen LogP contribution in [0, 0.1) is 6.92 Å². The van der Waals surface area contributed by atoms with Gasteiger partial charge in [0.05, 0.1) is 6.61 Å². The lowest BCUT2D eigenvalue weighted by molar-refractivity contribution is -0.144. The van der Waals surface area contributed by atoms with Crippen molar-refractivity contribution in [1.82, 2.24) is 5.32 Å². The minimum Gasteiger partial charge on any atom is -0.464 e. The van der Waals surface area contributed by atoms with Gasteiger partial charge in [-0.05, 0) is 43.2 Å². The second kappa shape index (κ2) is 11.0. The smallest absolute Gasteiger partial charge is 0.329 e. The lowest BCUT2D eigenvalue weighted by atomic mass is 10.2. The lowest BCUT2D eigenvalue weighted by Gasteiger charge is -2.18. The molecule has 0 aliphatic rings. The number of amides is 2. The first-order valence-electron chi connectivity index (χ1n) is 8.61. The van der Waals surface area contributed by atoms with Crippen LogP contribution >= 0.6 is 27.7 Å². The van der Waals surface area contributed by atoms with Gasteiger partial charge in [0.1, 0.15) is 6.04 Å². The van der Waals surface area contributed by atoms with Gasteiger partial charge in [-0.2, -0.15) is 11.8 Å². The van der Waals surface area contributed by atoms with E-state index < -0.39 is 18.0 Å². The summed E-state index contributed by atoms with van der Waals surface area (Å²) >= 11 is 4.97. The molecule has 2 amide bonds. The SMILES string of the molecule is CCOC(=O)C(CSCc1ccccc1)NC(=O)Nc1ccc(Br)cc1C. The van der Waals surface area contributed by atoms with Crippen LogP contribution in [0.1, 0.15) is 18.1 Å².